The van der Waals surface area contributed by atoms with Crippen molar-refractivity contribution < 1.29 is 14.7 Å². The van der Waals surface area contributed by atoms with Crippen molar-refractivity contribution in [1.82, 2.24) is 5.32 Å². The molecule has 0 radical (unpaired) electrons. The van der Waals surface area contributed by atoms with Crippen LogP contribution in [-0.4, -0.2) is 27.6 Å². The number of amides is 1. The molecule has 0 heterocycles. The van der Waals surface area contributed by atoms with E-state index < -0.39 is 11.9 Å². The first-order chi connectivity index (χ1) is 6.27. The summed E-state index contributed by atoms with van der Waals surface area (Å²) in [4.78, 5) is 21.3. The van der Waals surface area contributed by atoms with E-state index in [0.717, 1.165) is 0 Å². The third-order valence-corrected chi connectivity index (χ3v) is 3.56. The molecule has 5 heteroatoms. The Hall–Kier alpha value is -0.710. The topological polar surface area (TPSA) is 66.4 Å². The standard InChI is InChI=1S/C9H17NO3S/c1-6(8(12)13)9(3,4)14-5-10-7(2)11/h6H,5H2,1-4H3,(H,10,11)(H,12,13)/t6-/m1/s1. The van der Waals surface area contributed by atoms with Crippen molar-refractivity contribution in [3.63, 3.8) is 0 Å². The van der Waals surface area contributed by atoms with Gasteiger partial charge in [-0.25, -0.2) is 0 Å². The summed E-state index contributed by atoms with van der Waals surface area (Å²) in [5, 5.41) is 11.5. The number of carbonyl (C=O) groups excluding carboxylic acids is 1. The van der Waals surface area contributed by atoms with Crippen LogP contribution in [0.3, 0.4) is 0 Å². The molecule has 4 nitrogen and oxygen atoms in total. The van der Waals surface area contributed by atoms with Crippen LogP contribution in [0, 0.1) is 5.92 Å². The van der Waals surface area contributed by atoms with Gasteiger partial charge in [0.1, 0.15) is 0 Å². The molecule has 0 saturated carbocycles. The van der Waals surface area contributed by atoms with Crippen molar-refractivity contribution in [2.75, 3.05) is 5.88 Å². The van der Waals surface area contributed by atoms with E-state index in [-0.39, 0.29) is 10.7 Å². The van der Waals surface area contributed by atoms with Crippen LogP contribution < -0.4 is 5.32 Å². The van der Waals surface area contributed by atoms with Crippen molar-refractivity contribution in [2.45, 2.75) is 32.4 Å². The lowest BCUT2D eigenvalue weighted by Crippen LogP contribution is -2.34. The van der Waals surface area contributed by atoms with Crippen LogP contribution in [-0.2, 0) is 9.59 Å². The number of rotatable bonds is 5. The Morgan fingerprint density at radius 1 is 1.50 bits per heavy atom. The fourth-order valence-corrected chi connectivity index (χ4v) is 1.74. The van der Waals surface area contributed by atoms with Crippen molar-refractivity contribution in [3.8, 4) is 0 Å². The smallest absolute Gasteiger partial charge is 0.307 e. The third-order valence-electron chi connectivity index (χ3n) is 2.18. The van der Waals surface area contributed by atoms with Gasteiger partial charge in [-0.2, -0.15) is 0 Å². The zero-order chi connectivity index (χ0) is 11.4. The van der Waals surface area contributed by atoms with E-state index in [1.54, 1.807) is 6.92 Å². The van der Waals surface area contributed by atoms with Crippen LogP contribution in [0.5, 0.6) is 0 Å². The van der Waals surface area contributed by atoms with Gasteiger partial charge in [-0.15, -0.1) is 11.8 Å². The second kappa shape index (κ2) is 5.24. The highest BCUT2D eigenvalue weighted by Crippen LogP contribution is 2.31. The van der Waals surface area contributed by atoms with Gasteiger partial charge in [0.2, 0.25) is 5.91 Å². The average Bonchev–Trinajstić information content (AvgIpc) is 2.01. The van der Waals surface area contributed by atoms with Gasteiger partial charge < -0.3 is 10.4 Å². The highest BCUT2D eigenvalue weighted by Gasteiger charge is 2.31. The molecule has 0 aromatic carbocycles. The van der Waals surface area contributed by atoms with Gasteiger partial charge in [0.05, 0.1) is 11.8 Å². The molecule has 0 aliphatic heterocycles. The lowest BCUT2D eigenvalue weighted by atomic mass is 9.97. The van der Waals surface area contributed by atoms with Gasteiger partial charge in [-0.3, -0.25) is 9.59 Å². The summed E-state index contributed by atoms with van der Waals surface area (Å²) >= 11 is 1.43. The normalized spacial score (nSPS) is 13.4. The zero-order valence-electron chi connectivity index (χ0n) is 8.96. The third kappa shape index (κ3) is 4.50. The Labute approximate surface area is 88.4 Å². The number of carboxylic acid groups (broad SMARTS) is 1. The minimum atomic E-state index is -0.815. The monoisotopic (exact) mass is 219 g/mol. The molecule has 0 saturated heterocycles. The molecule has 0 unspecified atom stereocenters. The second-order valence-electron chi connectivity index (χ2n) is 3.69. The molecule has 0 bridgehead atoms. The SMILES string of the molecule is CC(=O)NCSC(C)(C)[C@H](C)C(=O)O. The van der Waals surface area contributed by atoms with E-state index >= 15 is 0 Å². The van der Waals surface area contributed by atoms with Crippen LogP contribution in [0.15, 0.2) is 0 Å². The van der Waals surface area contributed by atoms with E-state index in [4.69, 9.17) is 5.11 Å². The summed E-state index contributed by atoms with van der Waals surface area (Å²) in [6.07, 6.45) is 0. The minimum absolute atomic E-state index is 0.101. The van der Waals surface area contributed by atoms with Crippen molar-refractivity contribution >= 4 is 23.6 Å². The van der Waals surface area contributed by atoms with Crippen LogP contribution >= 0.6 is 11.8 Å². The second-order valence-corrected chi connectivity index (χ2v) is 5.31. The van der Waals surface area contributed by atoms with E-state index in [1.807, 2.05) is 13.8 Å². The largest absolute Gasteiger partial charge is 0.481 e. The molecule has 14 heavy (non-hydrogen) atoms. The van der Waals surface area contributed by atoms with Crippen molar-refractivity contribution in [1.29, 1.82) is 0 Å². The lowest BCUT2D eigenvalue weighted by molar-refractivity contribution is -0.141. The van der Waals surface area contributed by atoms with E-state index in [1.165, 1.54) is 18.7 Å². The first-order valence-corrected chi connectivity index (χ1v) is 5.37. The number of hydrogen-bond donors (Lipinski definition) is 2. The molecule has 2 N–H and O–H groups in total. The number of nitrogens with one attached hydrogen (secondary N) is 1. The fourth-order valence-electron chi connectivity index (χ4n) is 0.746. The molecule has 0 aliphatic rings. The Balaban J connectivity index is 4.06. The predicted octanol–water partition coefficient (Wildman–Crippen LogP) is 1.31. The molecular weight excluding hydrogens is 202 g/mol. The molecule has 0 aromatic rings. The molecular formula is C9H17NO3S. The van der Waals surface area contributed by atoms with Crippen molar-refractivity contribution in [3.05, 3.63) is 0 Å². The van der Waals surface area contributed by atoms with E-state index in [0.29, 0.717) is 5.88 Å². The maximum absolute atomic E-state index is 10.7. The summed E-state index contributed by atoms with van der Waals surface area (Å²) < 4.78 is -0.381. The maximum Gasteiger partial charge on any atom is 0.307 e. The Bertz CT molecular complexity index is 228. The Morgan fingerprint density at radius 3 is 2.36 bits per heavy atom. The summed E-state index contributed by atoms with van der Waals surface area (Å²) in [7, 11) is 0. The molecule has 0 aliphatic carbocycles. The summed E-state index contributed by atoms with van der Waals surface area (Å²) in [6, 6.07) is 0. The number of hydrogen-bond acceptors (Lipinski definition) is 3. The zero-order valence-corrected chi connectivity index (χ0v) is 9.77. The first kappa shape index (κ1) is 13.3. The van der Waals surface area contributed by atoms with Gasteiger partial charge in [-0.1, -0.05) is 6.92 Å². The number of thioether (sulfide) groups is 1. The van der Waals surface area contributed by atoms with Gasteiger partial charge in [0.25, 0.3) is 0 Å². The van der Waals surface area contributed by atoms with Gasteiger partial charge >= 0.3 is 5.97 Å². The van der Waals surface area contributed by atoms with Crippen molar-refractivity contribution in [2.24, 2.45) is 5.92 Å². The molecule has 1 amide bonds. The van der Waals surface area contributed by atoms with Gasteiger partial charge in [-0.05, 0) is 13.8 Å². The van der Waals surface area contributed by atoms with Gasteiger partial charge in [0, 0.05) is 11.7 Å². The number of carboxylic acids is 1. The molecule has 0 fully saturated rings. The van der Waals surface area contributed by atoms with E-state index in [9.17, 15) is 9.59 Å². The van der Waals surface area contributed by atoms with Crippen LogP contribution in [0.1, 0.15) is 27.7 Å². The maximum atomic E-state index is 10.7. The van der Waals surface area contributed by atoms with Gasteiger partial charge in [0.15, 0.2) is 0 Å². The molecule has 82 valence electrons. The summed E-state index contributed by atoms with van der Waals surface area (Å²) in [6.45, 7) is 6.83. The molecule has 1 atom stereocenters. The molecule has 0 aromatic heterocycles. The molecule has 0 spiro atoms. The number of aliphatic carboxylic acids is 1. The Kier molecular flexibility index (Phi) is 4.97. The average molecular weight is 219 g/mol. The number of carbonyl (C=O) groups is 2. The van der Waals surface area contributed by atoms with Crippen LogP contribution in [0.25, 0.3) is 0 Å². The Morgan fingerprint density at radius 2 is 2.00 bits per heavy atom. The van der Waals surface area contributed by atoms with Crippen LogP contribution in [0.2, 0.25) is 0 Å². The minimum Gasteiger partial charge on any atom is -0.481 e. The lowest BCUT2D eigenvalue weighted by Gasteiger charge is -2.28. The quantitative estimate of drug-likeness (QED) is 0.684. The highest BCUT2D eigenvalue weighted by atomic mass is 32.2. The highest BCUT2D eigenvalue weighted by molar-refractivity contribution is 8.00. The summed E-state index contributed by atoms with van der Waals surface area (Å²) in [5.41, 5.74) is 0. The first-order valence-electron chi connectivity index (χ1n) is 4.38. The summed E-state index contributed by atoms with van der Waals surface area (Å²) in [5.74, 6) is -0.914. The van der Waals surface area contributed by atoms with E-state index in [2.05, 4.69) is 5.32 Å². The predicted molar refractivity (Wildman–Crippen MR) is 57.2 cm³/mol. The molecule has 0 rings (SSSR count). The van der Waals surface area contributed by atoms with Crippen LogP contribution in [0.4, 0.5) is 0 Å². The fraction of sp³-hybridized carbons (Fsp3) is 0.778.